The highest BCUT2D eigenvalue weighted by molar-refractivity contribution is 7.91. The Morgan fingerprint density at radius 3 is 2.30 bits per heavy atom. The number of hydrogen-bond acceptors (Lipinski definition) is 5. The fraction of sp³-hybridized carbons (Fsp3) is 0.579. The molecule has 0 bridgehead atoms. The summed E-state index contributed by atoms with van der Waals surface area (Å²) < 4.78 is 30.0. The molecule has 1 aromatic rings. The molecule has 2 aliphatic heterocycles. The van der Waals surface area contributed by atoms with Crippen LogP contribution in [0.1, 0.15) is 29.8 Å². The van der Waals surface area contributed by atoms with Crippen LogP contribution < -0.4 is 4.74 Å². The molecule has 3 rings (SSSR count). The second-order valence-corrected chi connectivity index (χ2v) is 9.75. The highest BCUT2D eigenvalue weighted by atomic mass is 32.2. The van der Waals surface area contributed by atoms with Crippen molar-refractivity contribution in [1.82, 2.24) is 9.80 Å². The topological polar surface area (TPSA) is 84.0 Å². The van der Waals surface area contributed by atoms with Crippen molar-refractivity contribution in [3.8, 4) is 5.75 Å². The number of hydrogen-bond donors (Lipinski definition) is 0. The van der Waals surface area contributed by atoms with Gasteiger partial charge in [-0.05, 0) is 19.1 Å². The lowest BCUT2D eigenvalue weighted by Crippen LogP contribution is -2.62. The number of amides is 2. The average Bonchev–Trinajstić information content (AvgIpc) is 2.94. The van der Waals surface area contributed by atoms with Gasteiger partial charge in [-0.1, -0.05) is 25.5 Å². The predicted molar refractivity (Wildman–Crippen MR) is 102 cm³/mol. The molecule has 148 valence electrons. The summed E-state index contributed by atoms with van der Waals surface area (Å²) in [5, 5.41) is 0. The van der Waals surface area contributed by atoms with Crippen molar-refractivity contribution in [3.63, 3.8) is 0 Å². The van der Waals surface area contributed by atoms with Crippen molar-refractivity contribution in [1.29, 1.82) is 0 Å². The maximum atomic E-state index is 13.2. The molecule has 0 N–H and O–H groups in total. The zero-order valence-electron chi connectivity index (χ0n) is 16.1. The van der Waals surface area contributed by atoms with E-state index in [1.165, 1.54) is 7.11 Å². The van der Waals surface area contributed by atoms with Gasteiger partial charge in [0.25, 0.3) is 5.91 Å². The molecule has 2 heterocycles. The Morgan fingerprint density at radius 1 is 1.11 bits per heavy atom. The number of benzene rings is 1. The second-order valence-electron chi connectivity index (χ2n) is 7.60. The van der Waals surface area contributed by atoms with Gasteiger partial charge in [-0.25, -0.2) is 8.42 Å². The summed E-state index contributed by atoms with van der Waals surface area (Å²) in [7, 11) is -1.81. The molecule has 27 heavy (non-hydrogen) atoms. The highest BCUT2D eigenvalue weighted by Gasteiger charge is 2.49. The van der Waals surface area contributed by atoms with E-state index in [0.29, 0.717) is 24.4 Å². The molecule has 0 saturated carbocycles. The number of carbonyl (C=O) groups excluding carboxylic acids is 2. The van der Waals surface area contributed by atoms with Gasteiger partial charge in [0.2, 0.25) is 5.91 Å². The van der Waals surface area contributed by atoms with Crippen LogP contribution >= 0.6 is 0 Å². The van der Waals surface area contributed by atoms with Crippen LogP contribution in [-0.2, 0) is 14.6 Å². The van der Waals surface area contributed by atoms with Gasteiger partial charge in [0, 0.05) is 19.0 Å². The molecule has 1 aromatic carbocycles. The van der Waals surface area contributed by atoms with Gasteiger partial charge in [-0.2, -0.15) is 0 Å². The normalized spacial score (nSPS) is 24.0. The summed E-state index contributed by atoms with van der Waals surface area (Å²) in [5.74, 6) is -0.275. The SMILES string of the molecule is COc1ccc(C)cc1C(=O)N1CCN(C(=O)C(C)C)[C@@H]2CS(=O)(=O)C[C@@H]21. The van der Waals surface area contributed by atoms with Gasteiger partial charge in [0.1, 0.15) is 5.75 Å². The van der Waals surface area contributed by atoms with Crippen LogP contribution in [0.4, 0.5) is 0 Å². The zero-order valence-corrected chi connectivity index (χ0v) is 17.0. The molecule has 0 aromatic heterocycles. The Morgan fingerprint density at radius 2 is 1.70 bits per heavy atom. The van der Waals surface area contributed by atoms with Crippen LogP contribution in [0.2, 0.25) is 0 Å². The summed E-state index contributed by atoms with van der Waals surface area (Å²) in [4.78, 5) is 29.1. The molecule has 2 aliphatic rings. The monoisotopic (exact) mass is 394 g/mol. The number of rotatable bonds is 3. The number of piperazine rings is 1. The van der Waals surface area contributed by atoms with Crippen molar-refractivity contribution in [2.45, 2.75) is 32.9 Å². The summed E-state index contributed by atoms with van der Waals surface area (Å²) in [6.07, 6.45) is 0. The number of nitrogens with zero attached hydrogens (tertiary/aromatic N) is 2. The molecule has 7 nitrogen and oxygen atoms in total. The Balaban J connectivity index is 1.95. The van der Waals surface area contributed by atoms with Gasteiger partial charge < -0.3 is 14.5 Å². The second kappa shape index (κ2) is 7.14. The van der Waals surface area contributed by atoms with Crippen molar-refractivity contribution >= 4 is 21.7 Å². The largest absolute Gasteiger partial charge is 0.496 e. The van der Waals surface area contributed by atoms with E-state index in [4.69, 9.17) is 4.74 Å². The summed E-state index contributed by atoms with van der Waals surface area (Å²) in [5.41, 5.74) is 1.34. The van der Waals surface area contributed by atoms with Gasteiger partial charge >= 0.3 is 0 Å². The van der Waals surface area contributed by atoms with E-state index < -0.39 is 21.9 Å². The molecule has 2 fully saturated rings. The first-order valence-electron chi connectivity index (χ1n) is 9.11. The van der Waals surface area contributed by atoms with Gasteiger partial charge in [0.05, 0.1) is 36.3 Å². The van der Waals surface area contributed by atoms with Gasteiger partial charge in [0.15, 0.2) is 9.84 Å². The predicted octanol–water partition coefficient (Wildman–Crippen LogP) is 1.11. The molecule has 0 aliphatic carbocycles. The third-order valence-electron chi connectivity index (χ3n) is 5.30. The maximum Gasteiger partial charge on any atom is 0.258 e. The van der Waals surface area contributed by atoms with E-state index in [-0.39, 0.29) is 29.2 Å². The van der Waals surface area contributed by atoms with Crippen LogP contribution in [0, 0.1) is 12.8 Å². The molecule has 2 saturated heterocycles. The van der Waals surface area contributed by atoms with E-state index in [0.717, 1.165) is 5.56 Å². The molecule has 0 unspecified atom stereocenters. The first kappa shape index (κ1) is 19.7. The lowest BCUT2D eigenvalue weighted by atomic mass is 10.0. The van der Waals surface area contributed by atoms with E-state index in [1.54, 1.807) is 35.8 Å². The van der Waals surface area contributed by atoms with Crippen LogP contribution in [0.15, 0.2) is 18.2 Å². The number of ether oxygens (including phenoxy) is 1. The lowest BCUT2D eigenvalue weighted by molar-refractivity contribution is -0.139. The third-order valence-corrected chi connectivity index (χ3v) is 7.00. The average molecular weight is 394 g/mol. The Hall–Kier alpha value is -2.09. The first-order chi connectivity index (χ1) is 12.6. The van der Waals surface area contributed by atoms with E-state index in [1.807, 2.05) is 13.0 Å². The molecule has 0 spiro atoms. The van der Waals surface area contributed by atoms with Gasteiger partial charge in [-0.3, -0.25) is 9.59 Å². The molecule has 0 radical (unpaired) electrons. The van der Waals surface area contributed by atoms with Crippen LogP contribution in [-0.4, -0.2) is 73.8 Å². The molecular weight excluding hydrogens is 368 g/mol. The van der Waals surface area contributed by atoms with Crippen LogP contribution in [0.3, 0.4) is 0 Å². The van der Waals surface area contributed by atoms with E-state index >= 15 is 0 Å². The van der Waals surface area contributed by atoms with Crippen LogP contribution in [0.5, 0.6) is 5.75 Å². The number of carbonyl (C=O) groups is 2. The molecular formula is C19H26N2O5S. The summed E-state index contributed by atoms with van der Waals surface area (Å²) in [6, 6.07) is 4.34. The maximum absolute atomic E-state index is 13.2. The summed E-state index contributed by atoms with van der Waals surface area (Å²) >= 11 is 0. The Bertz CT molecular complexity index is 865. The molecule has 8 heteroatoms. The number of methoxy groups -OCH3 is 1. The van der Waals surface area contributed by atoms with Crippen molar-refractivity contribution in [2.24, 2.45) is 5.92 Å². The van der Waals surface area contributed by atoms with E-state index in [9.17, 15) is 18.0 Å². The molecule has 2 amide bonds. The fourth-order valence-corrected chi connectivity index (χ4v) is 5.94. The quantitative estimate of drug-likeness (QED) is 0.767. The minimum absolute atomic E-state index is 0.0673. The standard InChI is InChI=1S/C19H26N2O5S/c1-12(2)18(22)20-7-8-21(16-11-27(24,25)10-15(16)20)19(23)14-9-13(3)5-6-17(14)26-4/h5-6,9,12,15-16H,7-8,10-11H2,1-4H3/t15-,16+/m1/s1. The van der Waals surface area contributed by atoms with Gasteiger partial charge in [-0.15, -0.1) is 0 Å². The fourth-order valence-electron chi connectivity index (χ4n) is 3.95. The molecule has 2 atom stereocenters. The summed E-state index contributed by atoms with van der Waals surface area (Å²) in [6.45, 7) is 6.14. The minimum atomic E-state index is -3.31. The Labute approximate surface area is 160 Å². The first-order valence-corrected chi connectivity index (χ1v) is 10.9. The lowest BCUT2D eigenvalue weighted by Gasteiger charge is -2.44. The van der Waals surface area contributed by atoms with Crippen molar-refractivity contribution < 1.29 is 22.7 Å². The third kappa shape index (κ3) is 3.67. The van der Waals surface area contributed by atoms with Crippen LogP contribution in [0.25, 0.3) is 0 Å². The minimum Gasteiger partial charge on any atom is -0.496 e. The Kier molecular flexibility index (Phi) is 5.20. The van der Waals surface area contributed by atoms with E-state index in [2.05, 4.69) is 0 Å². The number of fused-ring (bicyclic) bond motifs is 1. The highest BCUT2D eigenvalue weighted by Crippen LogP contribution is 2.31. The van der Waals surface area contributed by atoms with Crippen molar-refractivity contribution in [3.05, 3.63) is 29.3 Å². The smallest absolute Gasteiger partial charge is 0.258 e. The zero-order chi connectivity index (χ0) is 19.9. The van der Waals surface area contributed by atoms with Crippen molar-refractivity contribution in [2.75, 3.05) is 31.7 Å². The number of sulfone groups is 1. The number of aryl methyl sites for hydroxylation is 1.